The van der Waals surface area contributed by atoms with Crippen molar-refractivity contribution in [2.75, 3.05) is 5.32 Å². The lowest BCUT2D eigenvalue weighted by atomic mass is 10.0. The Labute approximate surface area is 187 Å². The van der Waals surface area contributed by atoms with E-state index in [0.29, 0.717) is 17.2 Å². The lowest BCUT2D eigenvalue weighted by Crippen LogP contribution is -2.47. The van der Waals surface area contributed by atoms with Gasteiger partial charge in [0.2, 0.25) is 5.91 Å². The lowest BCUT2D eigenvalue weighted by molar-refractivity contribution is -0.118. The number of aromatic nitrogens is 1. The molecule has 0 fully saturated rings. The summed E-state index contributed by atoms with van der Waals surface area (Å²) in [6, 6.07) is 19.3. The van der Waals surface area contributed by atoms with Crippen LogP contribution in [-0.4, -0.2) is 28.6 Å². The van der Waals surface area contributed by atoms with E-state index in [2.05, 4.69) is 15.6 Å². The Morgan fingerprint density at radius 3 is 2.31 bits per heavy atom. The summed E-state index contributed by atoms with van der Waals surface area (Å²) in [6.45, 7) is 5.30. The molecule has 3 rings (SSSR count). The molecule has 2 aromatic carbocycles. The molecule has 0 spiro atoms. The largest absolute Gasteiger partial charge is 0.457 e. The molecule has 32 heavy (non-hydrogen) atoms. The molecule has 0 bridgehead atoms. The van der Waals surface area contributed by atoms with Crippen molar-refractivity contribution in [1.82, 2.24) is 10.3 Å². The van der Waals surface area contributed by atoms with Gasteiger partial charge in [-0.3, -0.25) is 9.78 Å². The quantitative estimate of drug-likeness (QED) is 0.550. The highest BCUT2D eigenvalue weighted by molar-refractivity contribution is 5.96. The van der Waals surface area contributed by atoms with Crippen molar-refractivity contribution >= 4 is 17.7 Å². The summed E-state index contributed by atoms with van der Waals surface area (Å²) in [4.78, 5) is 29.3. The molecule has 0 aliphatic rings. The number of hydrogen-bond acceptors (Lipinski definition) is 5. The van der Waals surface area contributed by atoms with Crippen LogP contribution in [0.15, 0.2) is 79.1 Å². The zero-order valence-corrected chi connectivity index (χ0v) is 18.4. The van der Waals surface area contributed by atoms with Crippen LogP contribution in [0.25, 0.3) is 0 Å². The van der Waals surface area contributed by atoms with E-state index in [-0.39, 0.29) is 12.3 Å². The summed E-state index contributed by atoms with van der Waals surface area (Å²) in [7, 11) is 0. The zero-order chi connectivity index (χ0) is 23.0. The average Bonchev–Trinajstić information content (AvgIpc) is 2.74. The highest BCUT2D eigenvalue weighted by Gasteiger charge is 2.25. The molecule has 0 radical (unpaired) electrons. The maximum atomic E-state index is 13.0. The van der Waals surface area contributed by atoms with E-state index in [9.17, 15) is 9.59 Å². The number of benzene rings is 2. The monoisotopic (exact) mass is 433 g/mol. The fraction of sp³-hybridized carbons (Fsp3) is 0.240. The zero-order valence-electron chi connectivity index (χ0n) is 18.4. The molecule has 1 atom stereocenters. The van der Waals surface area contributed by atoms with Gasteiger partial charge in [0, 0.05) is 24.5 Å². The number of nitrogens with one attached hydrogen (secondary N) is 2. The molecule has 1 unspecified atom stereocenters. The van der Waals surface area contributed by atoms with Crippen LogP contribution in [0.3, 0.4) is 0 Å². The predicted molar refractivity (Wildman–Crippen MR) is 123 cm³/mol. The van der Waals surface area contributed by atoms with Crippen molar-refractivity contribution < 1.29 is 19.1 Å². The Bertz CT molecular complexity index is 1030. The number of ether oxygens (including phenoxy) is 2. The standard InChI is InChI=1S/C25H27N3O4/c1-25(2,3)32-24(30)28-22(23(29)27-19-12-14-26-15-13-19)17-18-8-7-11-21(16-18)31-20-9-5-4-6-10-20/h4-16,22H,17H2,1-3H3,(H,28,30)(H,26,27,29). The molecule has 3 aromatic rings. The van der Waals surface area contributed by atoms with E-state index in [0.717, 1.165) is 5.56 Å². The minimum absolute atomic E-state index is 0.252. The first kappa shape index (κ1) is 22.8. The first-order chi connectivity index (χ1) is 15.3. The number of para-hydroxylation sites is 1. The maximum Gasteiger partial charge on any atom is 0.408 e. The van der Waals surface area contributed by atoms with E-state index in [1.54, 1.807) is 45.3 Å². The van der Waals surface area contributed by atoms with Crippen LogP contribution in [-0.2, 0) is 16.0 Å². The van der Waals surface area contributed by atoms with Crippen LogP contribution in [0, 0.1) is 0 Å². The first-order valence-electron chi connectivity index (χ1n) is 10.3. The van der Waals surface area contributed by atoms with Crippen molar-refractivity contribution in [3.63, 3.8) is 0 Å². The van der Waals surface area contributed by atoms with Gasteiger partial charge in [0.25, 0.3) is 0 Å². The smallest absolute Gasteiger partial charge is 0.408 e. The molecule has 0 saturated carbocycles. The van der Waals surface area contributed by atoms with Crippen molar-refractivity contribution in [2.24, 2.45) is 0 Å². The highest BCUT2D eigenvalue weighted by atomic mass is 16.6. The third-order valence-electron chi connectivity index (χ3n) is 4.27. The Morgan fingerprint density at radius 1 is 0.938 bits per heavy atom. The number of amides is 2. The summed E-state index contributed by atoms with van der Waals surface area (Å²) in [5.41, 5.74) is 0.728. The van der Waals surface area contributed by atoms with Crippen LogP contribution < -0.4 is 15.4 Å². The van der Waals surface area contributed by atoms with Gasteiger partial charge in [-0.25, -0.2) is 4.79 Å². The van der Waals surface area contributed by atoms with Crippen LogP contribution in [0.1, 0.15) is 26.3 Å². The Balaban J connectivity index is 1.76. The molecule has 1 aromatic heterocycles. The fourth-order valence-corrected chi connectivity index (χ4v) is 2.92. The summed E-state index contributed by atoms with van der Waals surface area (Å²) >= 11 is 0. The minimum Gasteiger partial charge on any atom is -0.457 e. The highest BCUT2D eigenvalue weighted by Crippen LogP contribution is 2.22. The fourth-order valence-electron chi connectivity index (χ4n) is 2.92. The van der Waals surface area contributed by atoms with Gasteiger partial charge in [0.15, 0.2) is 0 Å². The van der Waals surface area contributed by atoms with Crippen LogP contribution >= 0.6 is 0 Å². The minimum atomic E-state index is -0.856. The molecule has 0 saturated heterocycles. The number of carbonyl (C=O) groups excluding carboxylic acids is 2. The summed E-state index contributed by atoms with van der Waals surface area (Å²) in [5, 5.41) is 5.49. The van der Waals surface area contributed by atoms with Crippen molar-refractivity contribution in [3.8, 4) is 11.5 Å². The van der Waals surface area contributed by atoms with Gasteiger partial charge in [-0.15, -0.1) is 0 Å². The topological polar surface area (TPSA) is 89.5 Å². The Kier molecular flexibility index (Phi) is 7.44. The van der Waals surface area contributed by atoms with Crippen LogP contribution in [0.5, 0.6) is 11.5 Å². The van der Waals surface area contributed by atoms with Crippen molar-refractivity contribution in [3.05, 3.63) is 84.7 Å². The van der Waals surface area contributed by atoms with Gasteiger partial charge >= 0.3 is 6.09 Å². The number of hydrogen-bond donors (Lipinski definition) is 2. The van der Waals surface area contributed by atoms with Gasteiger partial charge < -0.3 is 20.1 Å². The molecule has 2 N–H and O–H groups in total. The SMILES string of the molecule is CC(C)(C)OC(=O)NC(Cc1cccc(Oc2ccccc2)c1)C(=O)Nc1ccncc1. The maximum absolute atomic E-state index is 13.0. The molecule has 7 nitrogen and oxygen atoms in total. The van der Waals surface area contributed by atoms with Crippen LogP contribution in [0.2, 0.25) is 0 Å². The summed E-state index contributed by atoms with van der Waals surface area (Å²) < 4.78 is 11.2. The molecule has 166 valence electrons. The predicted octanol–water partition coefficient (Wildman–Crippen LogP) is 4.95. The third-order valence-corrected chi connectivity index (χ3v) is 4.27. The average molecular weight is 434 g/mol. The van der Waals surface area contributed by atoms with E-state index in [1.165, 1.54) is 0 Å². The Hall–Kier alpha value is -3.87. The number of pyridine rings is 1. The van der Waals surface area contributed by atoms with Gasteiger partial charge in [0.05, 0.1) is 0 Å². The van der Waals surface area contributed by atoms with Crippen LogP contribution in [0.4, 0.5) is 10.5 Å². The molecule has 0 aliphatic heterocycles. The van der Waals surface area contributed by atoms with E-state index in [1.807, 2.05) is 54.6 Å². The first-order valence-corrected chi connectivity index (χ1v) is 10.3. The molecular weight excluding hydrogens is 406 g/mol. The number of anilines is 1. The molecule has 0 aliphatic carbocycles. The second kappa shape index (κ2) is 10.4. The van der Waals surface area contributed by atoms with Gasteiger partial charge in [0.1, 0.15) is 23.1 Å². The molecule has 1 heterocycles. The second-order valence-corrected chi connectivity index (χ2v) is 8.19. The van der Waals surface area contributed by atoms with Crippen molar-refractivity contribution in [1.29, 1.82) is 0 Å². The number of carbonyl (C=O) groups is 2. The third kappa shape index (κ3) is 7.43. The summed E-state index contributed by atoms with van der Waals surface area (Å²) in [6.07, 6.45) is 2.75. The number of alkyl carbamates (subject to hydrolysis) is 1. The number of rotatable bonds is 7. The molecule has 2 amide bonds. The second-order valence-electron chi connectivity index (χ2n) is 8.19. The Morgan fingerprint density at radius 2 is 1.62 bits per heavy atom. The van der Waals surface area contributed by atoms with E-state index < -0.39 is 17.7 Å². The van der Waals surface area contributed by atoms with E-state index >= 15 is 0 Å². The lowest BCUT2D eigenvalue weighted by Gasteiger charge is -2.23. The van der Waals surface area contributed by atoms with E-state index in [4.69, 9.17) is 9.47 Å². The summed E-state index contributed by atoms with van der Waals surface area (Å²) in [5.74, 6) is 0.985. The van der Waals surface area contributed by atoms with Gasteiger partial charge in [-0.05, 0) is 62.7 Å². The van der Waals surface area contributed by atoms with Crippen molar-refractivity contribution in [2.45, 2.75) is 38.8 Å². The van der Waals surface area contributed by atoms with Gasteiger partial charge in [-0.1, -0.05) is 30.3 Å². The molecule has 7 heteroatoms. The molecular formula is C25H27N3O4. The van der Waals surface area contributed by atoms with Gasteiger partial charge in [-0.2, -0.15) is 0 Å². The number of nitrogens with zero attached hydrogens (tertiary/aromatic N) is 1. The normalized spacial score (nSPS) is 11.8.